The summed E-state index contributed by atoms with van der Waals surface area (Å²) in [5, 5.41) is 13.5. The van der Waals surface area contributed by atoms with E-state index >= 15 is 0 Å². The zero-order chi connectivity index (χ0) is 16.0. The fourth-order valence-corrected chi connectivity index (χ4v) is 1.76. The molecule has 0 aliphatic rings. The molecule has 21 heavy (non-hydrogen) atoms. The van der Waals surface area contributed by atoms with Crippen LogP contribution in [0.5, 0.6) is 0 Å². The predicted octanol–water partition coefficient (Wildman–Crippen LogP) is 1.45. The molecule has 1 aromatic carbocycles. The van der Waals surface area contributed by atoms with Crippen LogP contribution < -0.4 is 5.32 Å². The van der Waals surface area contributed by atoms with Crippen molar-refractivity contribution >= 4 is 17.6 Å². The van der Waals surface area contributed by atoms with Gasteiger partial charge >= 0.3 is 5.97 Å². The fourth-order valence-electron chi connectivity index (χ4n) is 1.76. The molecular weight excluding hydrogens is 276 g/mol. The Morgan fingerprint density at radius 2 is 1.95 bits per heavy atom. The van der Waals surface area contributed by atoms with Crippen LogP contribution in [0.15, 0.2) is 24.3 Å². The second-order valence-electron chi connectivity index (χ2n) is 4.83. The van der Waals surface area contributed by atoms with E-state index in [0.717, 1.165) is 0 Å². The number of nitro benzene ring substituents is 1. The number of para-hydroxylation sites is 1. The number of ether oxygens (including phenoxy) is 1. The number of hydrogen-bond acceptors (Lipinski definition) is 5. The number of rotatable bonds is 6. The van der Waals surface area contributed by atoms with Crippen LogP contribution in [0.2, 0.25) is 0 Å². The standard InChI is InChI=1S/C14H18N2O5/c1-9(2)13(17)15-11(14(18)21-3)8-10-6-4-5-7-12(10)16(19)20/h4-7,9,11H,8H2,1-3H3,(H,15,17)/t11-/m0/s1. The Morgan fingerprint density at radius 3 is 2.48 bits per heavy atom. The normalized spacial score (nSPS) is 11.8. The Morgan fingerprint density at radius 1 is 1.33 bits per heavy atom. The number of nitrogens with zero attached hydrogens (tertiary/aromatic N) is 1. The molecule has 1 atom stereocenters. The number of hydrogen-bond donors (Lipinski definition) is 1. The van der Waals surface area contributed by atoms with Gasteiger partial charge in [-0.15, -0.1) is 0 Å². The first-order valence-electron chi connectivity index (χ1n) is 6.47. The van der Waals surface area contributed by atoms with Gasteiger partial charge in [-0.05, 0) is 0 Å². The molecule has 0 aliphatic carbocycles. The van der Waals surface area contributed by atoms with Crippen molar-refractivity contribution in [3.8, 4) is 0 Å². The molecule has 0 saturated carbocycles. The number of amides is 1. The molecule has 114 valence electrons. The number of carbonyl (C=O) groups is 2. The summed E-state index contributed by atoms with van der Waals surface area (Å²) in [5.74, 6) is -1.26. The second-order valence-corrected chi connectivity index (χ2v) is 4.83. The Kier molecular flexibility index (Phi) is 5.83. The van der Waals surface area contributed by atoms with Crippen molar-refractivity contribution in [1.29, 1.82) is 0 Å². The molecule has 0 saturated heterocycles. The summed E-state index contributed by atoms with van der Waals surface area (Å²) in [4.78, 5) is 33.9. The summed E-state index contributed by atoms with van der Waals surface area (Å²) in [6.45, 7) is 3.38. The molecule has 0 unspecified atom stereocenters. The van der Waals surface area contributed by atoms with Gasteiger partial charge in [0.15, 0.2) is 0 Å². The lowest BCUT2D eigenvalue weighted by molar-refractivity contribution is -0.385. The minimum atomic E-state index is -0.953. The smallest absolute Gasteiger partial charge is 0.328 e. The van der Waals surface area contributed by atoms with E-state index in [2.05, 4.69) is 10.1 Å². The number of benzene rings is 1. The highest BCUT2D eigenvalue weighted by Crippen LogP contribution is 2.19. The number of nitrogens with one attached hydrogen (secondary N) is 1. The van der Waals surface area contributed by atoms with E-state index in [1.165, 1.54) is 13.2 Å². The van der Waals surface area contributed by atoms with E-state index in [0.29, 0.717) is 5.56 Å². The van der Waals surface area contributed by atoms with Crippen molar-refractivity contribution in [3.05, 3.63) is 39.9 Å². The van der Waals surface area contributed by atoms with Crippen LogP contribution in [-0.2, 0) is 20.7 Å². The molecule has 7 nitrogen and oxygen atoms in total. The highest BCUT2D eigenvalue weighted by Gasteiger charge is 2.26. The Bertz CT molecular complexity index is 542. The molecule has 0 fully saturated rings. The van der Waals surface area contributed by atoms with Crippen LogP contribution in [0.25, 0.3) is 0 Å². The molecule has 1 N–H and O–H groups in total. The van der Waals surface area contributed by atoms with Gasteiger partial charge in [0.1, 0.15) is 6.04 Å². The highest BCUT2D eigenvalue weighted by atomic mass is 16.6. The first kappa shape index (κ1) is 16.6. The van der Waals surface area contributed by atoms with Gasteiger partial charge in [-0.2, -0.15) is 0 Å². The summed E-state index contributed by atoms with van der Waals surface area (Å²) in [6, 6.07) is 5.14. The van der Waals surface area contributed by atoms with Crippen molar-refractivity contribution in [2.75, 3.05) is 7.11 Å². The summed E-state index contributed by atoms with van der Waals surface area (Å²) in [6.07, 6.45) is 0.00227. The van der Waals surface area contributed by atoms with Crippen molar-refractivity contribution in [2.24, 2.45) is 5.92 Å². The van der Waals surface area contributed by atoms with Gasteiger partial charge in [0.2, 0.25) is 5.91 Å². The molecule has 7 heteroatoms. The number of nitro groups is 1. The lowest BCUT2D eigenvalue weighted by Gasteiger charge is -2.17. The van der Waals surface area contributed by atoms with Crippen molar-refractivity contribution in [3.63, 3.8) is 0 Å². The average molecular weight is 294 g/mol. The largest absolute Gasteiger partial charge is 0.467 e. The molecule has 1 rings (SSSR count). The first-order chi connectivity index (χ1) is 9.86. The summed E-state index contributed by atoms with van der Waals surface area (Å²) >= 11 is 0. The third-order valence-electron chi connectivity index (χ3n) is 2.94. The van der Waals surface area contributed by atoms with Crippen LogP contribution >= 0.6 is 0 Å². The van der Waals surface area contributed by atoms with Crippen LogP contribution in [0.3, 0.4) is 0 Å². The van der Waals surface area contributed by atoms with Gasteiger partial charge in [0.05, 0.1) is 12.0 Å². The molecule has 0 aliphatic heterocycles. The summed E-state index contributed by atoms with van der Waals surface area (Å²) in [5.41, 5.74) is 0.271. The van der Waals surface area contributed by atoms with Crippen molar-refractivity contribution in [1.82, 2.24) is 5.32 Å². The third kappa shape index (κ3) is 4.55. The first-order valence-corrected chi connectivity index (χ1v) is 6.47. The van der Waals surface area contributed by atoms with Crippen LogP contribution in [0.1, 0.15) is 19.4 Å². The molecular formula is C14H18N2O5. The fraction of sp³-hybridized carbons (Fsp3) is 0.429. The van der Waals surface area contributed by atoms with E-state index < -0.39 is 16.9 Å². The predicted molar refractivity (Wildman–Crippen MR) is 75.6 cm³/mol. The van der Waals surface area contributed by atoms with E-state index in [4.69, 9.17) is 0 Å². The molecule has 0 heterocycles. The van der Waals surface area contributed by atoms with Gasteiger partial charge in [0, 0.05) is 24.0 Å². The van der Waals surface area contributed by atoms with Gasteiger partial charge in [-0.1, -0.05) is 32.0 Å². The minimum Gasteiger partial charge on any atom is -0.467 e. The van der Waals surface area contributed by atoms with Crippen LogP contribution in [0.4, 0.5) is 5.69 Å². The Hall–Kier alpha value is -2.44. The summed E-state index contributed by atoms with van der Waals surface area (Å²) in [7, 11) is 1.20. The lowest BCUT2D eigenvalue weighted by Crippen LogP contribution is -2.44. The van der Waals surface area contributed by atoms with Crippen molar-refractivity contribution < 1.29 is 19.2 Å². The number of carbonyl (C=O) groups excluding carboxylic acids is 2. The Balaban J connectivity index is 2.99. The summed E-state index contributed by atoms with van der Waals surface area (Å²) < 4.78 is 4.64. The van der Waals surface area contributed by atoms with Gasteiger partial charge in [0.25, 0.3) is 5.69 Å². The van der Waals surface area contributed by atoms with E-state index in [1.807, 2.05) is 0 Å². The van der Waals surface area contributed by atoms with E-state index in [1.54, 1.807) is 32.0 Å². The minimum absolute atomic E-state index is 0.00227. The zero-order valence-electron chi connectivity index (χ0n) is 12.2. The zero-order valence-corrected chi connectivity index (χ0v) is 12.2. The maximum atomic E-state index is 11.7. The molecule has 1 amide bonds. The van der Waals surface area contributed by atoms with Crippen LogP contribution in [-0.4, -0.2) is 30.0 Å². The second kappa shape index (κ2) is 7.37. The Labute approximate surface area is 122 Å². The topological polar surface area (TPSA) is 98.5 Å². The van der Waals surface area contributed by atoms with E-state index in [-0.39, 0.29) is 23.9 Å². The lowest BCUT2D eigenvalue weighted by atomic mass is 10.0. The van der Waals surface area contributed by atoms with Crippen molar-refractivity contribution in [2.45, 2.75) is 26.3 Å². The quantitative estimate of drug-likeness (QED) is 0.486. The molecule has 0 aromatic heterocycles. The monoisotopic (exact) mass is 294 g/mol. The molecule has 0 spiro atoms. The van der Waals surface area contributed by atoms with Gasteiger partial charge < -0.3 is 10.1 Å². The maximum Gasteiger partial charge on any atom is 0.328 e. The number of methoxy groups -OCH3 is 1. The van der Waals surface area contributed by atoms with Crippen LogP contribution in [0, 0.1) is 16.0 Å². The maximum absolute atomic E-state index is 11.7. The average Bonchev–Trinajstić information content (AvgIpc) is 2.45. The highest BCUT2D eigenvalue weighted by molar-refractivity contribution is 5.85. The third-order valence-corrected chi connectivity index (χ3v) is 2.94. The van der Waals surface area contributed by atoms with Gasteiger partial charge in [-0.3, -0.25) is 14.9 Å². The molecule has 0 bridgehead atoms. The molecule has 0 radical (unpaired) electrons. The van der Waals surface area contributed by atoms with E-state index in [9.17, 15) is 19.7 Å². The number of esters is 1. The van der Waals surface area contributed by atoms with Gasteiger partial charge in [-0.25, -0.2) is 4.79 Å². The molecule has 1 aromatic rings. The SMILES string of the molecule is COC(=O)[C@H](Cc1ccccc1[N+](=O)[O-])NC(=O)C(C)C.